The summed E-state index contributed by atoms with van der Waals surface area (Å²) in [5.74, 6) is 1.17. The van der Waals surface area contributed by atoms with E-state index in [0.29, 0.717) is 29.3 Å². The highest BCUT2D eigenvalue weighted by atomic mass is 16.5. The second kappa shape index (κ2) is 8.43. The van der Waals surface area contributed by atoms with E-state index in [1.807, 2.05) is 37.3 Å². The molecule has 0 aromatic heterocycles. The van der Waals surface area contributed by atoms with E-state index < -0.39 is 0 Å². The first-order chi connectivity index (χ1) is 13.9. The largest absolute Gasteiger partial charge is 0.485 e. The van der Waals surface area contributed by atoms with Crippen LogP contribution in [0.25, 0.3) is 0 Å². The van der Waals surface area contributed by atoms with Crippen molar-refractivity contribution >= 4 is 17.5 Å². The predicted octanol–water partition coefficient (Wildman–Crippen LogP) is 2.55. The standard InChI is InChI=1S/C22H24N6O/c1-3-4-19(29-12-16-6-5-14(20(23)24)9-13(16)2)22-27-17-8-7-15(21(25)26)10-18(11-17)28-22/h3-11,18H,1,12H2,2H3,(H3,23,24)(H3,25,26)(H,27,28)/b19-4-. The molecular weight excluding hydrogens is 364 g/mol. The van der Waals surface area contributed by atoms with Crippen LogP contribution in [-0.4, -0.2) is 23.5 Å². The Hall–Kier alpha value is -3.87. The number of nitrogen functional groups attached to an aromatic ring is 1. The summed E-state index contributed by atoms with van der Waals surface area (Å²) in [4.78, 5) is 4.66. The zero-order valence-corrected chi connectivity index (χ0v) is 16.2. The molecule has 3 rings (SSSR count). The molecule has 1 heterocycles. The molecular formula is C22H24N6O. The zero-order valence-electron chi connectivity index (χ0n) is 16.2. The van der Waals surface area contributed by atoms with Crippen LogP contribution in [0, 0.1) is 17.7 Å². The van der Waals surface area contributed by atoms with Crippen LogP contribution in [0.2, 0.25) is 0 Å². The number of rotatable bonds is 7. The monoisotopic (exact) mass is 388 g/mol. The van der Waals surface area contributed by atoms with E-state index in [1.54, 1.807) is 24.3 Å². The van der Waals surface area contributed by atoms with Gasteiger partial charge in [-0.2, -0.15) is 0 Å². The van der Waals surface area contributed by atoms with Crippen molar-refractivity contribution in [3.8, 4) is 0 Å². The van der Waals surface area contributed by atoms with Gasteiger partial charge in [-0.15, -0.1) is 0 Å². The first kappa shape index (κ1) is 19.9. The van der Waals surface area contributed by atoms with Crippen LogP contribution in [-0.2, 0) is 11.3 Å². The van der Waals surface area contributed by atoms with E-state index in [4.69, 9.17) is 27.0 Å². The molecule has 1 aromatic carbocycles. The molecule has 1 aliphatic carbocycles. The summed E-state index contributed by atoms with van der Waals surface area (Å²) in [6, 6.07) is 5.33. The third-order valence-electron chi connectivity index (χ3n) is 4.53. The molecule has 7 heteroatoms. The number of hydrogen-bond acceptors (Lipinski definition) is 5. The Morgan fingerprint density at radius 3 is 2.69 bits per heavy atom. The first-order valence-electron chi connectivity index (χ1n) is 9.08. The normalized spacial score (nSPS) is 17.9. The third-order valence-corrected chi connectivity index (χ3v) is 4.53. The van der Waals surface area contributed by atoms with Gasteiger partial charge in [0.25, 0.3) is 0 Å². The Morgan fingerprint density at radius 2 is 2.03 bits per heavy atom. The molecule has 0 spiro atoms. The summed E-state index contributed by atoms with van der Waals surface area (Å²) >= 11 is 0. The number of allylic oxidation sites excluding steroid dienone is 3. The Morgan fingerprint density at radius 1 is 1.24 bits per heavy atom. The fourth-order valence-corrected chi connectivity index (χ4v) is 2.97. The number of nitrogens with two attached hydrogens (primary N) is 2. The van der Waals surface area contributed by atoms with Crippen LogP contribution in [0.15, 0.2) is 83.3 Å². The average molecular weight is 388 g/mol. The number of aryl methyl sites for hydroxylation is 1. The molecule has 1 aromatic rings. The Balaban J connectivity index is 1.80. The minimum absolute atomic E-state index is 0.00198. The number of nitrogens with zero attached hydrogens (tertiary/aromatic N) is 1. The Kier molecular flexibility index (Phi) is 5.78. The van der Waals surface area contributed by atoms with Gasteiger partial charge in [-0.1, -0.05) is 24.8 Å². The molecule has 1 atom stereocenters. The third kappa shape index (κ3) is 4.70. The van der Waals surface area contributed by atoms with E-state index in [-0.39, 0.29) is 17.7 Å². The van der Waals surface area contributed by atoms with Crippen LogP contribution < -0.4 is 16.8 Å². The van der Waals surface area contributed by atoms with E-state index in [9.17, 15) is 0 Å². The van der Waals surface area contributed by atoms with Crippen molar-refractivity contribution in [3.63, 3.8) is 0 Å². The van der Waals surface area contributed by atoms with Gasteiger partial charge in [0.05, 0.1) is 6.04 Å². The van der Waals surface area contributed by atoms with E-state index in [1.165, 1.54) is 0 Å². The number of fused-ring (bicyclic) bond motifs is 1. The molecule has 7 N–H and O–H groups in total. The second-order valence-electron chi connectivity index (χ2n) is 6.69. The zero-order chi connectivity index (χ0) is 21.0. The Labute approximate surface area is 169 Å². The maximum Gasteiger partial charge on any atom is 0.169 e. The molecule has 2 aliphatic rings. The van der Waals surface area contributed by atoms with Crippen LogP contribution in [0.3, 0.4) is 0 Å². The molecule has 2 bridgehead atoms. The molecule has 0 amide bonds. The van der Waals surface area contributed by atoms with Gasteiger partial charge in [-0.05, 0) is 54.5 Å². The van der Waals surface area contributed by atoms with Crippen molar-refractivity contribution in [2.75, 3.05) is 0 Å². The lowest BCUT2D eigenvalue weighted by molar-refractivity contribution is 0.215. The summed E-state index contributed by atoms with van der Waals surface area (Å²) in [5, 5.41) is 18.4. The molecule has 1 aliphatic heterocycles. The highest BCUT2D eigenvalue weighted by molar-refractivity contribution is 6.01. The maximum absolute atomic E-state index is 7.66. The highest BCUT2D eigenvalue weighted by Crippen LogP contribution is 2.20. The van der Waals surface area contributed by atoms with Crippen LogP contribution in [0.4, 0.5) is 0 Å². The Bertz CT molecular complexity index is 1030. The lowest BCUT2D eigenvalue weighted by Crippen LogP contribution is -2.30. The lowest BCUT2D eigenvalue weighted by Gasteiger charge is -2.21. The minimum atomic E-state index is -0.247. The second-order valence-corrected chi connectivity index (χ2v) is 6.69. The molecule has 0 fully saturated rings. The fraction of sp³-hybridized carbons (Fsp3) is 0.136. The SMILES string of the molecule is C=C/C=C(\OCc1ccc(C(=N)N)cc1C)C1=NC2C=C(C=CC(C(=N)N)=C2)N1. The van der Waals surface area contributed by atoms with Crippen molar-refractivity contribution in [2.24, 2.45) is 16.5 Å². The van der Waals surface area contributed by atoms with E-state index >= 15 is 0 Å². The topological polar surface area (TPSA) is 133 Å². The minimum Gasteiger partial charge on any atom is -0.485 e. The highest BCUT2D eigenvalue weighted by Gasteiger charge is 2.19. The smallest absolute Gasteiger partial charge is 0.169 e. The quantitative estimate of drug-likeness (QED) is 0.212. The fourth-order valence-electron chi connectivity index (χ4n) is 2.97. The van der Waals surface area contributed by atoms with Crippen molar-refractivity contribution in [1.82, 2.24) is 5.32 Å². The summed E-state index contributed by atoms with van der Waals surface area (Å²) < 4.78 is 6.04. The first-order valence-corrected chi connectivity index (χ1v) is 9.08. The van der Waals surface area contributed by atoms with Crippen LogP contribution >= 0.6 is 0 Å². The summed E-state index contributed by atoms with van der Waals surface area (Å²) in [6.45, 7) is 6.05. The number of ether oxygens (including phenoxy) is 1. The van der Waals surface area contributed by atoms with Crippen molar-refractivity contribution in [1.29, 1.82) is 10.8 Å². The summed E-state index contributed by atoms with van der Waals surface area (Å²) in [5.41, 5.74) is 15.3. The van der Waals surface area contributed by atoms with Gasteiger partial charge in [-0.3, -0.25) is 15.8 Å². The molecule has 0 radical (unpaired) electrons. The number of aliphatic imine (C=N–C) groups is 1. The van der Waals surface area contributed by atoms with Gasteiger partial charge in [0.1, 0.15) is 18.3 Å². The van der Waals surface area contributed by atoms with Gasteiger partial charge >= 0.3 is 0 Å². The molecule has 0 saturated carbocycles. The summed E-state index contributed by atoms with van der Waals surface area (Å²) in [6.07, 6.45) is 10.8. The van der Waals surface area contributed by atoms with Crippen molar-refractivity contribution < 1.29 is 4.74 Å². The van der Waals surface area contributed by atoms with Gasteiger partial charge in [0.2, 0.25) is 0 Å². The van der Waals surface area contributed by atoms with Gasteiger partial charge < -0.3 is 21.5 Å². The van der Waals surface area contributed by atoms with E-state index in [0.717, 1.165) is 16.8 Å². The van der Waals surface area contributed by atoms with Gasteiger partial charge in [0, 0.05) is 16.8 Å². The molecule has 148 valence electrons. The number of hydrogen-bond donors (Lipinski definition) is 5. The predicted molar refractivity (Wildman–Crippen MR) is 117 cm³/mol. The van der Waals surface area contributed by atoms with Crippen LogP contribution in [0.5, 0.6) is 0 Å². The number of nitrogens with one attached hydrogen (secondary N) is 3. The number of benzene rings is 1. The molecule has 29 heavy (non-hydrogen) atoms. The average Bonchev–Trinajstić information content (AvgIpc) is 2.83. The van der Waals surface area contributed by atoms with E-state index in [2.05, 4.69) is 16.9 Å². The summed E-state index contributed by atoms with van der Waals surface area (Å²) in [7, 11) is 0. The molecule has 0 saturated heterocycles. The number of amidine groups is 3. The lowest BCUT2D eigenvalue weighted by atomic mass is 10.1. The molecule has 1 unspecified atom stereocenters. The maximum atomic E-state index is 7.66. The van der Waals surface area contributed by atoms with Crippen molar-refractivity contribution in [3.05, 3.63) is 95.0 Å². The van der Waals surface area contributed by atoms with Gasteiger partial charge in [0.15, 0.2) is 11.6 Å². The van der Waals surface area contributed by atoms with Gasteiger partial charge in [-0.25, -0.2) is 0 Å². The van der Waals surface area contributed by atoms with Crippen LogP contribution in [0.1, 0.15) is 16.7 Å². The molecule has 7 nitrogen and oxygen atoms in total. The van der Waals surface area contributed by atoms with Crippen molar-refractivity contribution in [2.45, 2.75) is 19.6 Å².